The number of rotatable bonds is 2. The van der Waals surface area contributed by atoms with Gasteiger partial charge in [-0.15, -0.1) is 0 Å². The van der Waals surface area contributed by atoms with Crippen LogP contribution in [0.2, 0.25) is 0 Å². The third-order valence-electron chi connectivity index (χ3n) is 5.45. The van der Waals surface area contributed by atoms with E-state index in [-0.39, 0.29) is 11.4 Å². The minimum absolute atomic E-state index is 0.00566. The molecule has 1 N–H and O–H groups in total. The van der Waals surface area contributed by atoms with E-state index < -0.39 is 0 Å². The quantitative estimate of drug-likeness (QED) is 0.900. The number of amides is 1. The molecule has 1 amide bonds. The summed E-state index contributed by atoms with van der Waals surface area (Å²) in [7, 11) is 0. The number of ether oxygens (including phenoxy) is 1. The molecule has 0 aromatic carbocycles. The Morgan fingerprint density at radius 2 is 2.14 bits per heavy atom. The van der Waals surface area contributed by atoms with E-state index in [4.69, 9.17) is 4.74 Å². The van der Waals surface area contributed by atoms with E-state index in [0.29, 0.717) is 13.0 Å². The smallest absolute Gasteiger partial charge is 0.229 e. The lowest BCUT2D eigenvalue weighted by Gasteiger charge is -2.52. The molecule has 1 spiro atoms. The van der Waals surface area contributed by atoms with Crippen LogP contribution in [0.25, 0.3) is 0 Å². The Balaban J connectivity index is 1.51. The highest BCUT2D eigenvalue weighted by Crippen LogP contribution is 2.40. The standard InChI is InChI=1S/C16H23N3O2/c20-15(19-8-9-21-11-16(19)6-3-7-16)10-14-12-4-1-2-5-13(12)17-18-14/h1-11H2,(H,17,18). The van der Waals surface area contributed by atoms with Gasteiger partial charge in [0.25, 0.3) is 0 Å². The molecule has 1 aromatic heterocycles. The van der Waals surface area contributed by atoms with Crippen molar-refractivity contribution >= 4 is 5.91 Å². The average Bonchev–Trinajstić information content (AvgIpc) is 2.89. The monoisotopic (exact) mass is 289 g/mol. The first kappa shape index (κ1) is 13.3. The van der Waals surface area contributed by atoms with Gasteiger partial charge in [0.05, 0.1) is 30.9 Å². The van der Waals surface area contributed by atoms with Crippen LogP contribution in [-0.4, -0.2) is 46.3 Å². The van der Waals surface area contributed by atoms with Crippen LogP contribution in [0.4, 0.5) is 0 Å². The molecule has 21 heavy (non-hydrogen) atoms. The van der Waals surface area contributed by atoms with Gasteiger partial charge in [0.1, 0.15) is 0 Å². The van der Waals surface area contributed by atoms with Crippen molar-refractivity contribution in [1.29, 1.82) is 0 Å². The molecule has 1 aliphatic heterocycles. The highest BCUT2D eigenvalue weighted by molar-refractivity contribution is 5.80. The number of morpholine rings is 1. The second-order valence-electron chi connectivity index (χ2n) is 6.69. The number of aromatic amines is 1. The van der Waals surface area contributed by atoms with Crippen LogP contribution in [0.5, 0.6) is 0 Å². The molecule has 1 saturated heterocycles. The molecule has 3 aliphatic rings. The van der Waals surface area contributed by atoms with Crippen LogP contribution in [0.1, 0.15) is 49.1 Å². The van der Waals surface area contributed by atoms with Gasteiger partial charge in [-0.1, -0.05) is 0 Å². The van der Waals surface area contributed by atoms with Crippen molar-refractivity contribution < 1.29 is 9.53 Å². The molecule has 2 fully saturated rings. The van der Waals surface area contributed by atoms with Gasteiger partial charge in [-0.2, -0.15) is 5.10 Å². The second kappa shape index (κ2) is 5.13. The molecule has 2 aliphatic carbocycles. The van der Waals surface area contributed by atoms with Crippen LogP contribution in [0.15, 0.2) is 0 Å². The van der Waals surface area contributed by atoms with E-state index in [9.17, 15) is 4.79 Å². The van der Waals surface area contributed by atoms with Crippen molar-refractivity contribution in [3.63, 3.8) is 0 Å². The Bertz CT molecular complexity index is 548. The van der Waals surface area contributed by atoms with E-state index in [1.807, 2.05) is 0 Å². The Kier molecular flexibility index (Phi) is 3.25. The van der Waals surface area contributed by atoms with Gasteiger partial charge in [0.15, 0.2) is 0 Å². The lowest BCUT2D eigenvalue weighted by atomic mass is 9.75. The Hall–Kier alpha value is -1.36. The van der Waals surface area contributed by atoms with Gasteiger partial charge in [-0.3, -0.25) is 9.89 Å². The molecule has 5 nitrogen and oxygen atoms in total. The summed E-state index contributed by atoms with van der Waals surface area (Å²) in [6.45, 7) is 2.13. The molecule has 5 heteroatoms. The predicted octanol–water partition coefficient (Wildman–Crippen LogP) is 1.61. The Morgan fingerprint density at radius 1 is 1.29 bits per heavy atom. The number of carbonyl (C=O) groups is 1. The van der Waals surface area contributed by atoms with Crippen molar-refractivity contribution in [2.24, 2.45) is 0 Å². The third kappa shape index (κ3) is 2.18. The largest absolute Gasteiger partial charge is 0.377 e. The van der Waals surface area contributed by atoms with Gasteiger partial charge < -0.3 is 9.64 Å². The normalized spacial score (nSPS) is 23.7. The molecule has 0 atom stereocenters. The van der Waals surface area contributed by atoms with Crippen LogP contribution in [0.3, 0.4) is 0 Å². The fourth-order valence-electron chi connectivity index (χ4n) is 4.06. The fourth-order valence-corrected chi connectivity index (χ4v) is 4.06. The van der Waals surface area contributed by atoms with Crippen molar-refractivity contribution in [1.82, 2.24) is 15.1 Å². The number of aryl methyl sites for hydroxylation is 1. The summed E-state index contributed by atoms with van der Waals surface area (Å²) in [5.41, 5.74) is 3.55. The molecule has 4 rings (SSSR count). The van der Waals surface area contributed by atoms with Gasteiger partial charge in [0, 0.05) is 12.2 Å². The molecular formula is C16H23N3O2. The van der Waals surface area contributed by atoms with Crippen molar-refractivity contribution in [3.8, 4) is 0 Å². The number of hydrogen-bond acceptors (Lipinski definition) is 3. The van der Waals surface area contributed by atoms with Gasteiger partial charge in [-0.05, 0) is 50.5 Å². The number of nitrogens with one attached hydrogen (secondary N) is 1. The lowest BCUT2D eigenvalue weighted by Crippen LogP contribution is -2.63. The molecule has 1 saturated carbocycles. The van der Waals surface area contributed by atoms with Crippen molar-refractivity contribution in [2.45, 2.75) is 56.9 Å². The van der Waals surface area contributed by atoms with E-state index in [1.54, 1.807) is 0 Å². The van der Waals surface area contributed by atoms with E-state index >= 15 is 0 Å². The van der Waals surface area contributed by atoms with Gasteiger partial charge in [0.2, 0.25) is 5.91 Å². The number of carbonyl (C=O) groups excluding carboxylic acids is 1. The van der Waals surface area contributed by atoms with Gasteiger partial charge in [-0.25, -0.2) is 0 Å². The van der Waals surface area contributed by atoms with Gasteiger partial charge >= 0.3 is 0 Å². The second-order valence-corrected chi connectivity index (χ2v) is 6.69. The third-order valence-corrected chi connectivity index (χ3v) is 5.45. The minimum Gasteiger partial charge on any atom is -0.377 e. The molecule has 0 unspecified atom stereocenters. The number of hydrogen-bond donors (Lipinski definition) is 1. The summed E-state index contributed by atoms with van der Waals surface area (Å²) in [6, 6.07) is 0. The number of H-pyrrole nitrogens is 1. The molecule has 1 aromatic rings. The molecule has 0 radical (unpaired) electrons. The van der Waals surface area contributed by atoms with Crippen LogP contribution in [-0.2, 0) is 28.8 Å². The molecular weight excluding hydrogens is 266 g/mol. The van der Waals surface area contributed by atoms with E-state index in [1.165, 1.54) is 30.5 Å². The summed E-state index contributed by atoms with van der Waals surface area (Å²) in [4.78, 5) is 14.9. The molecule has 0 bridgehead atoms. The average molecular weight is 289 g/mol. The summed E-state index contributed by atoms with van der Waals surface area (Å²) in [5, 5.41) is 7.56. The zero-order chi connectivity index (χ0) is 14.3. The van der Waals surface area contributed by atoms with Crippen LogP contribution >= 0.6 is 0 Å². The van der Waals surface area contributed by atoms with E-state index in [2.05, 4.69) is 15.1 Å². The predicted molar refractivity (Wildman–Crippen MR) is 78.0 cm³/mol. The maximum atomic E-state index is 12.8. The highest BCUT2D eigenvalue weighted by Gasteiger charge is 2.46. The summed E-state index contributed by atoms with van der Waals surface area (Å²) < 4.78 is 5.62. The topological polar surface area (TPSA) is 58.2 Å². The minimum atomic E-state index is 0.00566. The summed E-state index contributed by atoms with van der Waals surface area (Å²) in [6.07, 6.45) is 8.46. The number of aromatic nitrogens is 2. The summed E-state index contributed by atoms with van der Waals surface area (Å²) >= 11 is 0. The lowest BCUT2D eigenvalue weighted by molar-refractivity contribution is -0.157. The SMILES string of the molecule is O=C(Cc1n[nH]c2c1CCCC2)N1CCOCC12CCC2. The number of nitrogens with zero attached hydrogens (tertiary/aromatic N) is 2. The van der Waals surface area contributed by atoms with Crippen molar-refractivity contribution in [2.75, 3.05) is 19.8 Å². The highest BCUT2D eigenvalue weighted by atomic mass is 16.5. The molecule has 114 valence electrons. The van der Waals surface area contributed by atoms with Crippen LogP contribution in [0, 0.1) is 0 Å². The maximum Gasteiger partial charge on any atom is 0.229 e. The van der Waals surface area contributed by atoms with Crippen molar-refractivity contribution in [3.05, 3.63) is 17.0 Å². The molecule has 2 heterocycles. The number of fused-ring (bicyclic) bond motifs is 1. The Morgan fingerprint density at radius 3 is 2.95 bits per heavy atom. The maximum absolute atomic E-state index is 12.8. The zero-order valence-electron chi connectivity index (χ0n) is 12.5. The zero-order valence-corrected chi connectivity index (χ0v) is 12.5. The summed E-state index contributed by atoms with van der Waals surface area (Å²) in [5.74, 6) is 0.234. The Labute approximate surface area is 125 Å². The first-order valence-corrected chi connectivity index (χ1v) is 8.22. The van der Waals surface area contributed by atoms with E-state index in [0.717, 1.165) is 44.5 Å². The first-order chi connectivity index (χ1) is 10.3. The first-order valence-electron chi connectivity index (χ1n) is 8.22. The van der Waals surface area contributed by atoms with Crippen LogP contribution < -0.4 is 0 Å². The fraction of sp³-hybridized carbons (Fsp3) is 0.750.